The van der Waals surface area contributed by atoms with E-state index in [9.17, 15) is 26.3 Å². The Morgan fingerprint density at radius 1 is 1.00 bits per heavy atom. The molecule has 2 saturated heterocycles. The van der Waals surface area contributed by atoms with Crippen molar-refractivity contribution in [2.45, 2.75) is 50.1 Å². The Morgan fingerprint density at radius 2 is 1.54 bits per heavy atom. The number of piperidine rings is 1. The minimum atomic E-state index is -5.08. The van der Waals surface area contributed by atoms with Crippen LogP contribution in [0.1, 0.15) is 31.4 Å². The Kier molecular flexibility index (Phi) is 9.98. The van der Waals surface area contributed by atoms with Gasteiger partial charge in [0.2, 0.25) is 0 Å². The van der Waals surface area contributed by atoms with E-state index >= 15 is 0 Å². The number of carbonyl (C=O) groups is 2. The molecule has 1 saturated carbocycles. The summed E-state index contributed by atoms with van der Waals surface area (Å²) in [5, 5.41) is 14.2. The van der Waals surface area contributed by atoms with E-state index in [0.29, 0.717) is 5.54 Å². The summed E-state index contributed by atoms with van der Waals surface area (Å²) in [6, 6.07) is 4.06. The molecule has 0 amide bonds. The van der Waals surface area contributed by atoms with Crippen molar-refractivity contribution < 1.29 is 55.3 Å². The molecule has 35 heavy (non-hydrogen) atoms. The number of ether oxygens (including phenoxy) is 1. The minimum absolute atomic E-state index is 0.320. The number of alkyl halides is 6. The summed E-state index contributed by atoms with van der Waals surface area (Å²) >= 11 is 0. The SMILES string of the molecule is O=C(O)C(F)(F)F.O=C(O)C(F)(F)F.c1coc(CN2CCC3(CC2)COCCN3CC2CC2)c1. The van der Waals surface area contributed by atoms with E-state index in [1.165, 1.54) is 32.2 Å². The molecule has 3 heterocycles. The van der Waals surface area contributed by atoms with Crippen LogP contribution in [0.3, 0.4) is 0 Å². The van der Waals surface area contributed by atoms with E-state index in [2.05, 4.69) is 15.9 Å². The maximum Gasteiger partial charge on any atom is 0.490 e. The molecule has 4 rings (SSSR count). The first-order valence-corrected chi connectivity index (χ1v) is 10.9. The van der Waals surface area contributed by atoms with E-state index in [-0.39, 0.29) is 0 Å². The lowest BCUT2D eigenvalue weighted by Gasteiger charge is -2.51. The van der Waals surface area contributed by atoms with Gasteiger partial charge in [0.25, 0.3) is 0 Å². The molecule has 200 valence electrons. The lowest BCUT2D eigenvalue weighted by molar-refractivity contribution is -0.193. The Morgan fingerprint density at radius 3 is 1.97 bits per heavy atom. The summed E-state index contributed by atoms with van der Waals surface area (Å²) in [6.07, 6.45) is -3.04. The molecule has 14 heteroatoms. The van der Waals surface area contributed by atoms with Crippen molar-refractivity contribution >= 4 is 11.9 Å². The third-order valence-electron chi connectivity index (χ3n) is 5.95. The van der Waals surface area contributed by atoms with Crippen LogP contribution in [-0.4, -0.2) is 89.2 Å². The fourth-order valence-electron chi connectivity index (χ4n) is 3.87. The second-order valence-corrected chi connectivity index (χ2v) is 8.63. The molecule has 3 fully saturated rings. The molecule has 0 radical (unpaired) electrons. The predicted molar refractivity (Wildman–Crippen MR) is 108 cm³/mol. The monoisotopic (exact) mass is 518 g/mol. The molecule has 1 aliphatic carbocycles. The highest BCUT2D eigenvalue weighted by molar-refractivity contribution is 5.73. The molecule has 0 bridgehead atoms. The van der Waals surface area contributed by atoms with Gasteiger partial charge in [-0.15, -0.1) is 0 Å². The fourth-order valence-corrected chi connectivity index (χ4v) is 3.87. The predicted octanol–water partition coefficient (Wildman–Crippen LogP) is 3.62. The largest absolute Gasteiger partial charge is 0.490 e. The highest BCUT2D eigenvalue weighted by Crippen LogP contribution is 2.37. The van der Waals surface area contributed by atoms with Crippen molar-refractivity contribution in [2.24, 2.45) is 5.92 Å². The summed E-state index contributed by atoms with van der Waals surface area (Å²) < 4.78 is 74.8. The second-order valence-electron chi connectivity index (χ2n) is 8.63. The summed E-state index contributed by atoms with van der Waals surface area (Å²) in [7, 11) is 0. The van der Waals surface area contributed by atoms with Gasteiger partial charge in [0, 0.05) is 31.7 Å². The van der Waals surface area contributed by atoms with Gasteiger partial charge in [-0.05, 0) is 43.7 Å². The number of aliphatic carboxylic acids is 2. The van der Waals surface area contributed by atoms with Gasteiger partial charge in [-0.3, -0.25) is 9.80 Å². The smallest absolute Gasteiger partial charge is 0.475 e. The van der Waals surface area contributed by atoms with Gasteiger partial charge in [0.15, 0.2) is 0 Å². The highest BCUT2D eigenvalue weighted by atomic mass is 19.4. The zero-order valence-electron chi connectivity index (χ0n) is 18.8. The first-order chi connectivity index (χ1) is 16.2. The van der Waals surface area contributed by atoms with Gasteiger partial charge in [-0.1, -0.05) is 0 Å². The lowest BCUT2D eigenvalue weighted by atomic mass is 9.85. The molecule has 1 aromatic heterocycles. The van der Waals surface area contributed by atoms with Gasteiger partial charge >= 0.3 is 24.3 Å². The quantitative estimate of drug-likeness (QED) is 0.583. The normalized spacial score (nSPS) is 20.9. The van der Waals surface area contributed by atoms with Crippen molar-refractivity contribution in [3.63, 3.8) is 0 Å². The maximum absolute atomic E-state index is 10.6. The Bertz CT molecular complexity index is 778. The van der Waals surface area contributed by atoms with Gasteiger partial charge < -0.3 is 19.4 Å². The first-order valence-electron chi connectivity index (χ1n) is 10.9. The standard InChI is InChI=1S/C17H26N2O2.2C2HF3O2/c1-2-16(21-10-1)13-18-7-5-17(6-8-18)14-20-11-9-19(17)12-15-3-4-15;2*3-2(4,5)1(6)7/h1-2,10,15H,3-9,11-14H2;2*(H,6,7). The van der Waals surface area contributed by atoms with Gasteiger partial charge in [-0.2, -0.15) is 26.3 Å². The van der Waals surface area contributed by atoms with Gasteiger partial charge in [0.1, 0.15) is 5.76 Å². The number of hydrogen-bond donors (Lipinski definition) is 2. The first kappa shape index (κ1) is 28.9. The molecule has 0 aromatic carbocycles. The molecule has 2 aliphatic heterocycles. The van der Waals surface area contributed by atoms with E-state index < -0.39 is 24.3 Å². The lowest BCUT2D eigenvalue weighted by Crippen LogP contribution is -2.61. The Balaban J connectivity index is 0.000000257. The molecular formula is C21H28F6N2O6. The number of carboxylic acid groups (broad SMARTS) is 2. The minimum Gasteiger partial charge on any atom is -0.475 e. The number of halogens is 6. The van der Waals surface area contributed by atoms with Crippen LogP contribution in [0.4, 0.5) is 26.3 Å². The molecule has 1 spiro atoms. The zero-order chi connectivity index (χ0) is 26.3. The number of nitrogens with zero attached hydrogens (tertiary/aromatic N) is 2. The number of furan rings is 1. The molecule has 2 N–H and O–H groups in total. The molecule has 0 unspecified atom stereocenters. The van der Waals surface area contributed by atoms with E-state index in [1.807, 2.05) is 6.07 Å². The average molecular weight is 518 g/mol. The molecule has 0 atom stereocenters. The van der Waals surface area contributed by atoms with Crippen LogP contribution < -0.4 is 0 Å². The van der Waals surface area contributed by atoms with Crippen molar-refractivity contribution in [1.29, 1.82) is 0 Å². The van der Waals surface area contributed by atoms with Crippen molar-refractivity contribution in [2.75, 3.05) is 39.4 Å². The van der Waals surface area contributed by atoms with Crippen LogP contribution >= 0.6 is 0 Å². The van der Waals surface area contributed by atoms with Crippen molar-refractivity contribution in [3.8, 4) is 0 Å². The topological polar surface area (TPSA) is 103 Å². The van der Waals surface area contributed by atoms with E-state index in [4.69, 9.17) is 29.0 Å². The maximum atomic E-state index is 10.6. The van der Waals surface area contributed by atoms with Crippen LogP contribution in [-0.2, 0) is 20.9 Å². The summed E-state index contributed by atoms with van der Waals surface area (Å²) in [5.74, 6) is -3.46. The Labute approximate surface area is 197 Å². The average Bonchev–Trinajstić information content (AvgIpc) is 3.43. The number of hydrogen-bond acceptors (Lipinski definition) is 6. The third-order valence-corrected chi connectivity index (χ3v) is 5.95. The molecule has 8 nitrogen and oxygen atoms in total. The summed E-state index contributed by atoms with van der Waals surface area (Å²) in [5.41, 5.74) is 0.320. The third kappa shape index (κ3) is 9.68. The van der Waals surface area contributed by atoms with Crippen LogP contribution in [0.2, 0.25) is 0 Å². The van der Waals surface area contributed by atoms with Gasteiger partial charge in [-0.25, -0.2) is 9.59 Å². The van der Waals surface area contributed by atoms with Crippen molar-refractivity contribution in [1.82, 2.24) is 9.80 Å². The summed E-state index contributed by atoms with van der Waals surface area (Å²) in [6.45, 7) is 7.57. The van der Waals surface area contributed by atoms with Crippen LogP contribution in [0.25, 0.3) is 0 Å². The zero-order valence-corrected chi connectivity index (χ0v) is 18.8. The van der Waals surface area contributed by atoms with Crippen LogP contribution in [0.15, 0.2) is 22.8 Å². The fraction of sp³-hybridized carbons (Fsp3) is 0.714. The highest BCUT2D eigenvalue weighted by Gasteiger charge is 2.44. The molecular weight excluding hydrogens is 490 g/mol. The number of rotatable bonds is 4. The van der Waals surface area contributed by atoms with E-state index in [1.54, 1.807) is 6.26 Å². The van der Waals surface area contributed by atoms with Crippen LogP contribution in [0, 0.1) is 5.92 Å². The molecule has 3 aliphatic rings. The van der Waals surface area contributed by atoms with Crippen LogP contribution in [0.5, 0.6) is 0 Å². The van der Waals surface area contributed by atoms with Crippen molar-refractivity contribution in [3.05, 3.63) is 24.2 Å². The number of carboxylic acids is 2. The van der Waals surface area contributed by atoms with Gasteiger partial charge in [0.05, 0.1) is 26.0 Å². The summed E-state index contributed by atoms with van der Waals surface area (Å²) in [4.78, 5) is 23.1. The van der Waals surface area contributed by atoms with E-state index in [0.717, 1.165) is 51.1 Å². The number of morpholine rings is 1. The Hall–Kier alpha value is -2.32. The number of likely N-dealkylation sites (tertiary alicyclic amines) is 1. The molecule has 1 aromatic rings. The second kappa shape index (κ2) is 12.1.